The number of hydrazone groups is 1. The van der Waals surface area contributed by atoms with Crippen molar-refractivity contribution >= 4 is 41.0 Å². The summed E-state index contributed by atoms with van der Waals surface area (Å²) in [5, 5.41) is 8.02. The zero-order valence-electron chi connectivity index (χ0n) is 11.0. The summed E-state index contributed by atoms with van der Waals surface area (Å²) in [5.74, 6) is -0.264. The van der Waals surface area contributed by atoms with Gasteiger partial charge in [-0.3, -0.25) is 4.79 Å². The molecule has 0 saturated carbocycles. The fourth-order valence-corrected chi connectivity index (χ4v) is 1.88. The van der Waals surface area contributed by atoms with E-state index in [1.54, 1.807) is 42.6 Å². The smallest absolute Gasteiger partial charge is 0.259 e. The Kier molecular flexibility index (Phi) is 5.60. The first-order valence-electron chi connectivity index (χ1n) is 6.21. The second-order valence-electron chi connectivity index (χ2n) is 4.18. The van der Waals surface area contributed by atoms with E-state index in [1.807, 2.05) is 12.1 Å². The van der Waals surface area contributed by atoms with Crippen LogP contribution in [0.1, 0.15) is 5.56 Å². The van der Waals surface area contributed by atoms with Gasteiger partial charge in [-0.25, -0.2) is 5.43 Å². The monoisotopic (exact) mass is 321 g/mol. The molecule has 2 N–H and O–H groups in total. The summed E-state index contributed by atoms with van der Waals surface area (Å²) >= 11 is 11.7. The van der Waals surface area contributed by atoms with Gasteiger partial charge in [-0.2, -0.15) is 5.10 Å². The van der Waals surface area contributed by atoms with Crippen LogP contribution in [0, 0.1) is 0 Å². The summed E-state index contributed by atoms with van der Waals surface area (Å²) in [6.07, 6.45) is 1.55. The Balaban J connectivity index is 1.80. The van der Waals surface area contributed by atoms with Gasteiger partial charge in [0.05, 0.1) is 23.5 Å². The van der Waals surface area contributed by atoms with Gasteiger partial charge in [-0.1, -0.05) is 47.5 Å². The Morgan fingerprint density at radius 1 is 1.10 bits per heavy atom. The highest BCUT2D eigenvalue weighted by Gasteiger charge is 2.01. The van der Waals surface area contributed by atoms with Crippen LogP contribution >= 0.6 is 23.2 Å². The minimum Gasteiger partial charge on any atom is -0.375 e. The largest absolute Gasteiger partial charge is 0.375 e. The lowest BCUT2D eigenvalue weighted by molar-refractivity contribution is -0.119. The first kappa shape index (κ1) is 15.4. The normalized spacial score (nSPS) is 10.6. The quantitative estimate of drug-likeness (QED) is 0.653. The Labute approximate surface area is 132 Å². The van der Waals surface area contributed by atoms with Crippen molar-refractivity contribution in [2.24, 2.45) is 5.10 Å². The predicted molar refractivity (Wildman–Crippen MR) is 87.1 cm³/mol. The van der Waals surface area contributed by atoms with E-state index in [0.29, 0.717) is 15.7 Å². The molecule has 0 heterocycles. The maximum absolute atomic E-state index is 11.6. The lowest BCUT2D eigenvalue weighted by Crippen LogP contribution is -2.25. The van der Waals surface area contributed by atoms with E-state index < -0.39 is 0 Å². The molecule has 0 bridgehead atoms. The molecule has 4 nitrogen and oxygen atoms in total. The molecule has 0 aliphatic heterocycles. The summed E-state index contributed by atoms with van der Waals surface area (Å²) in [6, 6.07) is 14.3. The van der Waals surface area contributed by atoms with Gasteiger partial charge in [0, 0.05) is 5.02 Å². The number of amides is 1. The van der Waals surface area contributed by atoms with E-state index in [-0.39, 0.29) is 12.5 Å². The molecule has 21 heavy (non-hydrogen) atoms. The molecule has 6 heteroatoms. The molecular weight excluding hydrogens is 309 g/mol. The highest BCUT2D eigenvalue weighted by atomic mass is 35.5. The van der Waals surface area contributed by atoms with Crippen LogP contribution in [0.2, 0.25) is 10.0 Å². The number of carbonyl (C=O) groups is 1. The molecule has 2 rings (SSSR count). The molecule has 0 fully saturated rings. The molecule has 0 unspecified atom stereocenters. The van der Waals surface area contributed by atoms with Crippen LogP contribution in [0.3, 0.4) is 0 Å². The maximum Gasteiger partial charge on any atom is 0.259 e. The predicted octanol–water partition coefficient (Wildman–Crippen LogP) is 3.56. The first-order valence-corrected chi connectivity index (χ1v) is 6.96. The van der Waals surface area contributed by atoms with E-state index in [2.05, 4.69) is 15.8 Å². The fourth-order valence-electron chi connectivity index (χ4n) is 1.55. The molecule has 2 aromatic rings. The second kappa shape index (κ2) is 7.67. The van der Waals surface area contributed by atoms with Crippen molar-refractivity contribution in [3.63, 3.8) is 0 Å². The molecule has 0 radical (unpaired) electrons. The van der Waals surface area contributed by atoms with Crippen LogP contribution in [-0.4, -0.2) is 18.7 Å². The topological polar surface area (TPSA) is 53.5 Å². The highest BCUT2D eigenvalue weighted by Crippen LogP contribution is 2.19. The SMILES string of the molecule is O=C(CNc1ccccc1Cl)NN=Cc1ccc(Cl)cc1. The van der Waals surface area contributed by atoms with Gasteiger partial charge in [0.25, 0.3) is 5.91 Å². The average Bonchev–Trinajstić information content (AvgIpc) is 2.48. The summed E-state index contributed by atoms with van der Waals surface area (Å²) in [5.41, 5.74) is 3.98. The summed E-state index contributed by atoms with van der Waals surface area (Å²) in [7, 11) is 0. The third-order valence-corrected chi connectivity index (χ3v) is 3.17. The Hall–Kier alpha value is -2.04. The van der Waals surface area contributed by atoms with Crippen LogP contribution in [0.4, 0.5) is 5.69 Å². The molecular formula is C15H13Cl2N3O. The Morgan fingerprint density at radius 2 is 1.81 bits per heavy atom. The van der Waals surface area contributed by atoms with Crippen LogP contribution in [-0.2, 0) is 4.79 Å². The van der Waals surface area contributed by atoms with E-state index in [0.717, 1.165) is 5.56 Å². The fraction of sp³-hybridized carbons (Fsp3) is 0.0667. The number of anilines is 1. The standard InChI is InChI=1S/C15H13Cl2N3O/c16-12-7-5-11(6-8-12)9-19-20-15(21)10-18-14-4-2-1-3-13(14)17/h1-9,18H,10H2,(H,20,21). The number of rotatable bonds is 5. The second-order valence-corrected chi connectivity index (χ2v) is 5.02. The molecule has 1 amide bonds. The molecule has 0 aliphatic carbocycles. The van der Waals surface area contributed by atoms with Crippen LogP contribution in [0.5, 0.6) is 0 Å². The number of para-hydroxylation sites is 1. The molecule has 0 saturated heterocycles. The number of benzene rings is 2. The van der Waals surface area contributed by atoms with Gasteiger partial charge >= 0.3 is 0 Å². The van der Waals surface area contributed by atoms with Crippen molar-refractivity contribution in [1.82, 2.24) is 5.43 Å². The van der Waals surface area contributed by atoms with Gasteiger partial charge in [-0.05, 0) is 29.8 Å². The van der Waals surface area contributed by atoms with Crippen molar-refractivity contribution in [3.8, 4) is 0 Å². The number of hydrogen-bond acceptors (Lipinski definition) is 3. The third kappa shape index (κ3) is 5.10. The summed E-state index contributed by atoms with van der Waals surface area (Å²) in [4.78, 5) is 11.6. The zero-order chi connectivity index (χ0) is 15.1. The molecule has 0 aromatic heterocycles. The van der Waals surface area contributed by atoms with Gasteiger partial charge in [-0.15, -0.1) is 0 Å². The van der Waals surface area contributed by atoms with Gasteiger partial charge in [0.1, 0.15) is 0 Å². The average molecular weight is 322 g/mol. The number of nitrogens with one attached hydrogen (secondary N) is 2. The summed E-state index contributed by atoms with van der Waals surface area (Å²) in [6.45, 7) is 0.0850. The van der Waals surface area contributed by atoms with E-state index in [1.165, 1.54) is 0 Å². The highest BCUT2D eigenvalue weighted by molar-refractivity contribution is 6.33. The maximum atomic E-state index is 11.6. The van der Waals surface area contributed by atoms with Crippen LogP contribution < -0.4 is 10.7 Å². The van der Waals surface area contributed by atoms with E-state index in [9.17, 15) is 4.79 Å². The minimum atomic E-state index is -0.264. The van der Waals surface area contributed by atoms with Gasteiger partial charge in [0.15, 0.2) is 0 Å². The lowest BCUT2D eigenvalue weighted by atomic mass is 10.2. The van der Waals surface area contributed by atoms with Crippen molar-refractivity contribution in [1.29, 1.82) is 0 Å². The molecule has 0 spiro atoms. The lowest BCUT2D eigenvalue weighted by Gasteiger charge is -2.06. The van der Waals surface area contributed by atoms with Crippen molar-refractivity contribution in [2.75, 3.05) is 11.9 Å². The molecule has 0 aliphatic rings. The molecule has 0 atom stereocenters. The minimum absolute atomic E-state index is 0.0850. The first-order chi connectivity index (χ1) is 10.1. The van der Waals surface area contributed by atoms with E-state index >= 15 is 0 Å². The van der Waals surface area contributed by atoms with Gasteiger partial charge < -0.3 is 5.32 Å². The van der Waals surface area contributed by atoms with Crippen LogP contribution in [0.15, 0.2) is 53.6 Å². The Bertz CT molecular complexity index is 642. The van der Waals surface area contributed by atoms with E-state index in [4.69, 9.17) is 23.2 Å². The summed E-state index contributed by atoms with van der Waals surface area (Å²) < 4.78 is 0. The van der Waals surface area contributed by atoms with Crippen molar-refractivity contribution in [2.45, 2.75) is 0 Å². The zero-order valence-corrected chi connectivity index (χ0v) is 12.5. The van der Waals surface area contributed by atoms with Crippen LogP contribution in [0.25, 0.3) is 0 Å². The van der Waals surface area contributed by atoms with Crippen molar-refractivity contribution in [3.05, 3.63) is 64.1 Å². The number of halogens is 2. The molecule has 2 aromatic carbocycles. The molecule has 108 valence electrons. The number of nitrogens with zero attached hydrogens (tertiary/aromatic N) is 1. The Morgan fingerprint density at radius 3 is 2.52 bits per heavy atom. The number of carbonyl (C=O) groups excluding carboxylic acids is 1. The van der Waals surface area contributed by atoms with Crippen molar-refractivity contribution < 1.29 is 4.79 Å². The number of hydrogen-bond donors (Lipinski definition) is 2. The van der Waals surface area contributed by atoms with Gasteiger partial charge in [0.2, 0.25) is 0 Å². The third-order valence-electron chi connectivity index (χ3n) is 2.59.